The molecule has 1 N–H and O–H groups in total. The number of amides is 2. The van der Waals surface area contributed by atoms with Gasteiger partial charge in [0.25, 0.3) is 0 Å². The van der Waals surface area contributed by atoms with Gasteiger partial charge >= 0.3 is 18.2 Å². The SMILES string of the molecule is CN1C(=O)C(=O)N(C2CCN(Cc3ccc(OC(F)(F)F)cc3)CC2)C2NCC(F)CC21. The zero-order valence-corrected chi connectivity index (χ0v) is 17.6. The Labute approximate surface area is 183 Å². The van der Waals surface area contributed by atoms with Crippen molar-refractivity contribution in [1.29, 1.82) is 0 Å². The number of rotatable bonds is 4. The molecule has 0 spiro atoms. The monoisotopic (exact) mass is 458 g/mol. The maximum Gasteiger partial charge on any atom is 0.573 e. The number of nitrogens with one attached hydrogen (secondary N) is 1. The highest BCUT2D eigenvalue weighted by Gasteiger charge is 2.49. The standard InChI is InChI=1S/C21H26F4N4O3/c1-27-17-10-14(22)11-26-18(17)29(20(31)19(27)30)15-6-8-28(9-7-15)12-13-2-4-16(5-3-13)32-21(23,24)25/h2-5,14-15,17-18,26H,6-12H2,1H3. The highest BCUT2D eigenvalue weighted by Crippen LogP contribution is 2.30. The second kappa shape index (κ2) is 8.86. The van der Waals surface area contributed by atoms with Crippen LogP contribution in [0.3, 0.4) is 0 Å². The molecule has 0 aromatic heterocycles. The molecule has 32 heavy (non-hydrogen) atoms. The van der Waals surface area contributed by atoms with Crippen LogP contribution in [0.5, 0.6) is 5.75 Å². The summed E-state index contributed by atoms with van der Waals surface area (Å²) >= 11 is 0. The number of alkyl halides is 4. The summed E-state index contributed by atoms with van der Waals surface area (Å²) in [4.78, 5) is 30.3. The van der Waals surface area contributed by atoms with Gasteiger partial charge in [0, 0.05) is 45.7 Å². The Hall–Kier alpha value is -2.40. The average Bonchev–Trinajstić information content (AvgIpc) is 2.74. The van der Waals surface area contributed by atoms with E-state index in [0.29, 0.717) is 32.5 Å². The quantitative estimate of drug-likeness (QED) is 0.552. The number of halogens is 4. The van der Waals surface area contributed by atoms with Crippen molar-refractivity contribution >= 4 is 11.8 Å². The lowest BCUT2D eigenvalue weighted by molar-refractivity contribution is -0.274. The first kappa shape index (κ1) is 22.8. The number of hydrogen-bond acceptors (Lipinski definition) is 5. The summed E-state index contributed by atoms with van der Waals surface area (Å²) in [5.74, 6) is -1.42. The number of carbonyl (C=O) groups excluding carboxylic acids is 2. The first-order valence-corrected chi connectivity index (χ1v) is 10.7. The highest BCUT2D eigenvalue weighted by atomic mass is 19.4. The van der Waals surface area contributed by atoms with Gasteiger partial charge in [0.05, 0.1) is 6.04 Å². The van der Waals surface area contributed by atoms with Crippen LogP contribution in [0, 0.1) is 0 Å². The summed E-state index contributed by atoms with van der Waals surface area (Å²) in [6.45, 7) is 2.05. The number of carbonyl (C=O) groups is 2. The molecule has 0 bridgehead atoms. The molecule has 3 aliphatic rings. The topological polar surface area (TPSA) is 65.1 Å². The third-order valence-corrected chi connectivity index (χ3v) is 6.46. The number of piperidine rings is 2. The fourth-order valence-electron chi connectivity index (χ4n) is 4.85. The first-order valence-electron chi connectivity index (χ1n) is 10.7. The van der Waals surface area contributed by atoms with Gasteiger partial charge in [-0.3, -0.25) is 19.8 Å². The molecule has 2 amide bonds. The van der Waals surface area contributed by atoms with Crippen LogP contribution in [0.2, 0.25) is 0 Å². The molecule has 0 aliphatic carbocycles. The number of likely N-dealkylation sites (tertiary alicyclic amines) is 1. The number of piperazine rings is 1. The predicted molar refractivity (Wildman–Crippen MR) is 106 cm³/mol. The van der Waals surface area contributed by atoms with E-state index >= 15 is 0 Å². The molecule has 3 unspecified atom stereocenters. The lowest BCUT2D eigenvalue weighted by atomic mass is 9.93. The smallest absolute Gasteiger partial charge is 0.406 e. The van der Waals surface area contributed by atoms with E-state index < -0.39 is 30.5 Å². The van der Waals surface area contributed by atoms with Crippen molar-refractivity contribution in [3.05, 3.63) is 29.8 Å². The average molecular weight is 458 g/mol. The second-order valence-corrected chi connectivity index (χ2v) is 8.58. The van der Waals surface area contributed by atoms with Crippen LogP contribution in [-0.4, -0.2) is 84.0 Å². The van der Waals surface area contributed by atoms with E-state index in [2.05, 4.69) is 15.0 Å². The minimum atomic E-state index is -4.72. The zero-order valence-electron chi connectivity index (χ0n) is 17.6. The lowest BCUT2D eigenvalue weighted by Crippen LogP contribution is -2.73. The molecular weight excluding hydrogens is 432 g/mol. The molecule has 3 fully saturated rings. The number of fused-ring (bicyclic) bond motifs is 1. The first-order chi connectivity index (χ1) is 15.1. The molecule has 0 radical (unpaired) electrons. The number of nitrogens with zero attached hydrogens (tertiary/aromatic N) is 3. The van der Waals surface area contributed by atoms with Gasteiger partial charge in [0.1, 0.15) is 18.1 Å². The molecule has 176 valence electrons. The van der Waals surface area contributed by atoms with Crippen LogP contribution in [0.1, 0.15) is 24.8 Å². The second-order valence-electron chi connectivity index (χ2n) is 8.58. The molecular formula is C21H26F4N4O3. The fourth-order valence-corrected chi connectivity index (χ4v) is 4.85. The van der Waals surface area contributed by atoms with Crippen molar-refractivity contribution in [1.82, 2.24) is 20.0 Å². The third kappa shape index (κ3) is 4.83. The van der Waals surface area contributed by atoms with Crippen LogP contribution < -0.4 is 10.1 Å². The van der Waals surface area contributed by atoms with Crippen LogP contribution in [0.25, 0.3) is 0 Å². The molecule has 3 saturated heterocycles. The maximum absolute atomic E-state index is 13.9. The van der Waals surface area contributed by atoms with Gasteiger partial charge in [-0.2, -0.15) is 0 Å². The summed E-state index contributed by atoms with van der Waals surface area (Å²) < 4.78 is 54.7. The van der Waals surface area contributed by atoms with E-state index in [4.69, 9.17) is 0 Å². The summed E-state index contributed by atoms with van der Waals surface area (Å²) in [5, 5.41) is 3.10. The molecule has 3 atom stereocenters. The number of benzene rings is 1. The van der Waals surface area contributed by atoms with E-state index in [0.717, 1.165) is 5.56 Å². The minimum absolute atomic E-state index is 0.130. The van der Waals surface area contributed by atoms with Gasteiger partial charge in [-0.05, 0) is 30.5 Å². The summed E-state index contributed by atoms with van der Waals surface area (Å²) in [6, 6.07) is 5.25. The molecule has 0 saturated carbocycles. The molecule has 3 aliphatic heterocycles. The van der Waals surface area contributed by atoms with Crippen LogP contribution in [-0.2, 0) is 16.1 Å². The van der Waals surface area contributed by atoms with Gasteiger partial charge in [-0.15, -0.1) is 13.2 Å². The predicted octanol–water partition coefficient (Wildman–Crippen LogP) is 1.88. The Balaban J connectivity index is 1.36. The van der Waals surface area contributed by atoms with Crippen LogP contribution in [0.4, 0.5) is 17.6 Å². The zero-order chi connectivity index (χ0) is 23.0. The normalized spacial score (nSPS) is 28.1. The Morgan fingerprint density at radius 3 is 2.38 bits per heavy atom. The Kier molecular flexibility index (Phi) is 6.30. The highest BCUT2D eigenvalue weighted by molar-refractivity contribution is 6.35. The molecule has 1 aromatic carbocycles. The van der Waals surface area contributed by atoms with Gasteiger partial charge in [0.2, 0.25) is 0 Å². The van der Waals surface area contributed by atoms with Gasteiger partial charge < -0.3 is 14.5 Å². The van der Waals surface area contributed by atoms with Crippen molar-refractivity contribution in [3.63, 3.8) is 0 Å². The number of ether oxygens (including phenoxy) is 1. The van der Waals surface area contributed by atoms with Crippen LogP contribution >= 0.6 is 0 Å². The number of hydrogen-bond donors (Lipinski definition) is 1. The van der Waals surface area contributed by atoms with Crippen molar-refractivity contribution in [3.8, 4) is 5.75 Å². The molecule has 11 heteroatoms. The Morgan fingerprint density at radius 2 is 1.75 bits per heavy atom. The van der Waals surface area contributed by atoms with Crippen molar-refractivity contribution in [2.24, 2.45) is 0 Å². The molecule has 1 aromatic rings. The van der Waals surface area contributed by atoms with Crippen molar-refractivity contribution in [2.75, 3.05) is 26.7 Å². The van der Waals surface area contributed by atoms with Crippen molar-refractivity contribution in [2.45, 2.75) is 56.6 Å². The Morgan fingerprint density at radius 1 is 1.09 bits per heavy atom. The molecule has 7 nitrogen and oxygen atoms in total. The largest absolute Gasteiger partial charge is 0.573 e. The summed E-state index contributed by atoms with van der Waals surface area (Å²) in [7, 11) is 1.54. The van der Waals surface area contributed by atoms with Crippen molar-refractivity contribution < 1.29 is 31.9 Å². The van der Waals surface area contributed by atoms with Gasteiger partial charge in [-0.25, -0.2) is 4.39 Å². The maximum atomic E-state index is 13.9. The summed E-state index contributed by atoms with van der Waals surface area (Å²) in [5.41, 5.74) is 0.854. The molecule has 3 heterocycles. The summed E-state index contributed by atoms with van der Waals surface area (Å²) in [6.07, 6.45) is -4.66. The Bertz CT molecular complexity index is 842. The fraction of sp³-hybridized carbons (Fsp3) is 0.619. The van der Waals surface area contributed by atoms with Gasteiger partial charge in [-0.1, -0.05) is 12.1 Å². The number of likely N-dealkylation sites (N-methyl/N-ethyl adjacent to an activating group) is 1. The van der Waals surface area contributed by atoms with E-state index in [1.807, 2.05) is 0 Å². The van der Waals surface area contributed by atoms with Crippen LogP contribution in [0.15, 0.2) is 24.3 Å². The minimum Gasteiger partial charge on any atom is -0.406 e. The van der Waals surface area contributed by atoms with E-state index in [1.165, 1.54) is 17.0 Å². The van der Waals surface area contributed by atoms with Gasteiger partial charge in [0.15, 0.2) is 0 Å². The lowest BCUT2D eigenvalue weighted by Gasteiger charge is -2.52. The third-order valence-electron chi connectivity index (χ3n) is 6.46. The van der Waals surface area contributed by atoms with E-state index in [-0.39, 0.29) is 30.8 Å². The van der Waals surface area contributed by atoms with E-state index in [9.17, 15) is 27.2 Å². The molecule has 4 rings (SSSR count). The van der Waals surface area contributed by atoms with E-state index in [1.54, 1.807) is 24.1 Å².